The van der Waals surface area contributed by atoms with Crippen LogP contribution in [0, 0.1) is 12.7 Å². The zero-order chi connectivity index (χ0) is 21.2. The van der Waals surface area contributed by atoms with Gasteiger partial charge in [0, 0.05) is 30.2 Å². The van der Waals surface area contributed by atoms with Gasteiger partial charge in [-0.25, -0.2) is 4.39 Å². The number of nitrogens with zero attached hydrogens (tertiary/aromatic N) is 1. The van der Waals surface area contributed by atoms with E-state index in [9.17, 15) is 14.0 Å². The van der Waals surface area contributed by atoms with Gasteiger partial charge in [0.05, 0.1) is 0 Å². The van der Waals surface area contributed by atoms with Gasteiger partial charge in [0.1, 0.15) is 11.9 Å². The second kappa shape index (κ2) is 11.6. The van der Waals surface area contributed by atoms with Crippen LogP contribution >= 0.6 is 11.8 Å². The first-order valence-corrected chi connectivity index (χ1v) is 10.9. The lowest BCUT2D eigenvalue weighted by Gasteiger charge is -2.29. The van der Waals surface area contributed by atoms with Gasteiger partial charge in [0.25, 0.3) is 0 Å². The lowest BCUT2D eigenvalue weighted by Crippen LogP contribution is -2.47. The van der Waals surface area contributed by atoms with E-state index in [0.29, 0.717) is 18.7 Å². The summed E-state index contributed by atoms with van der Waals surface area (Å²) in [6.07, 6.45) is 1.16. The summed E-state index contributed by atoms with van der Waals surface area (Å²) >= 11 is 1.62. The summed E-state index contributed by atoms with van der Waals surface area (Å²) in [5, 5.41) is 2.85. The van der Waals surface area contributed by atoms with Gasteiger partial charge < -0.3 is 10.2 Å². The molecule has 0 fully saturated rings. The Labute approximate surface area is 176 Å². The Bertz CT molecular complexity index is 794. The number of carbonyl (C=O) groups excluding carboxylic acids is 2. The summed E-state index contributed by atoms with van der Waals surface area (Å²) in [6, 6.07) is 13.6. The second-order valence-corrected chi connectivity index (χ2v) is 8.19. The molecule has 0 heterocycles. The fraction of sp³-hybridized carbons (Fsp3) is 0.391. The van der Waals surface area contributed by atoms with Crippen LogP contribution in [0.2, 0.25) is 0 Å². The summed E-state index contributed by atoms with van der Waals surface area (Å²) in [6.45, 7) is 6.60. The van der Waals surface area contributed by atoms with Gasteiger partial charge in [-0.05, 0) is 50.1 Å². The van der Waals surface area contributed by atoms with E-state index in [4.69, 9.17) is 0 Å². The molecule has 29 heavy (non-hydrogen) atoms. The van der Waals surface area contributed by atoms with Crippen molar-refractivity contribution in [2.75, 3.05) is 12.3 Å². The van der Waals surface area contributed by atoms with Crippen molar-refractivity contribution in [2.24, 2.45) is 0 Å². The molecule has 0 aliphatic heterocycles. The minimum absolute atomic E-state index is 0.0897. The Morgan fingerprint density at radius 1 is 1.10 bits per heavy atom. The van der Waals surface area contributed by atoms with Crippen LogP contribution < -0.4 is 5.32 Å². The smallest absolute Gasteiger partial charge is 0.242 e. The van der Waals surface area contributed by atoms with E-state index in [1.54, 1.807) is 35.7 Å². The van der Waals surface area contributed by atoms with Gasteiger partial charge >= 0.3 is 0 Å². The van der Waals surface area contributed by atoms with Crippen LogP contribution in [0.4, 0.5) is 4.39 Å². The quantitative estimate of drug-likeness (QED) is 0.578. The highest BCUT2D eigenvalue weighted by molar-refractivity contribution is 7.99. The summed E-state index contributed by atoms with van der Waals surface area (Å²) in [4.78, 5) is 28.1. The third kappa shape index (κ3) is 7.54. The molecule has 0 saturated heterocycles. The number of halogens is 1. The first-order chi connectivity index (χ1) is 13.9. The van der Waals surface area contributed by atoms with E-state index in [2.05, 4.69) is 5.32 Å². The Hall–Kier alpha value is -2.34. The maximum absolute atomic E-state index is 13.2. The van der Waals surface area contributed by atoms with Crippen LogP contribution in [-0.2, 0) is 16.1 Å². The van der Waals surface area contributed by atoms with Crippen molar-refractivity contribution in [3.8, 4) is 0 Å². The van der Waals surface area contributed by atoms with E-state index in [1.165, 1.54) is 17.7 Å². The first-order valence-electron chi connectivity index (χ1n) is 9.91. The third-order valence-electron chi connectivity index (χ3n) is 4.59. The lowest BCUT2D eigenvalue weighted by atomic mass is 10.1. The topological polar surface area (TPSA) is 49.4 Å². The van der Waals surface area contributed by atoms with Crippen LogP contribution in [0.25, 0.3) is 0 Å². The number of carbonyl (C=O) groups is 2. The van der Waals surface area contributed by atoms with Crippen molar-refractivity contribution < 1.29 is 14.0 Å². The molecular formula is C23H29FN2O2S. The van der Waals surface area contributed by atoms with E-state index in [-0.39, 0.29) is 24.2 Å². The zero-order valence-electron chi connectivity index (χ0n) is 17.3. The van der Waals surface area contributed by atoms with Crippen LogP contribution in [0.15, 0.2) is 53.4 Å². The van der Waals surface area contributed by atoms with Crippen molar-refractivity contribution in [1.29, 1.82) is 0 Å². The number of amides is 2. The van der Waals surface area contributed by atoms with Crippen LogP contribution in [0.1, 0.15) is 37.8 Å². The molecular weight excluding hydrogens is 387 g/mol. The normalized spacial score (nSPS) is 11.7. The Balaban J connectivity index is 2.03. The van der Waals surface area contributed by atoms with Gasteiger partial charge in [0.15, 0.2) is 0 Å². The summed E-state index contributed by atoms with van der Waals surface area (Å²) in [5.41, 5.74) is 1.99. The number of benzene rings is 2. The van der Waals surface area contributed by atoms with Crippen molar-refractivity contribution >= 4 is 23.6 Å². The molecule has 0 unspecified atom stereocenters. The molecule has 0 radical (unpaired) electrons. The third-order valence-corrected chi connectivity index (χ3v) is 5.60. The molecule has 0 saturated carbocycles. The molecule has 0 aliphatic carbocycles. The summed E-state index contributed by atoms with van der Waals surface area (Å²) < 4.78 is 13.2. The van der Waals surface area contributed by atoms with Gasteiger partial charge in [-0.15, -0.1) is 11.8 Å². The molecule has 0 bridgehead atoms. The average Bonchev–Trinajstić information content (AvgIpc) is 2.72. The van der Waals surface area contributed by atoms with Gasteiger partial charge in [0.2, 0.25) is 11.8 Å². The van der Waals surface area contributed by atoms with Gasteiger partial charge in [-0.2, -0.15) is 0 Å². The van der Waals surface area contributed by atoms with Gasteiger partial charge in [-0.1, -0.05) is 36.8 Å². The molecule has 2 aromatic rings. The van der Waals surface area contributed by atoms with Crippen LogP contribution in [0.5, 0.6) is 0 Å². The molecule has 2 amide bonds. The molecule has 0 spiro atoms. The van der Waals surface area contributed by atoms with Crippen LogP contribution in [-0.4, -0.2) is 35.1 Å². The fourth-order valence-electron chi connectivity index (χ4n) is 2.80. The molecule has 4 nitrogen and oxygen atoms in total. The molecule has 0 aliphatic rings. The molecule has 2 aromatic carbocycles. The van der Waals surface area contributed by atoms with E-state index in [0.717, 1.165) is 16.9 Å². The number of rotatable bonds is 10. The number of aryl methyl sites for hydroxylation is 1. The van der Waals surface area contributed by atoms with E-state index >= 15 is 0 Å². The highest BCUT2D eigenvalue weighted by atomic mass is 32.2. The molecule has 2 rings (SSSR count). The van der Waals surface area contributed by atoms with E-state index < -0.39 is 6.04 Å². The number of thioether (sulfide) groups is 1. The molecule has 1 atom stereocenters. The predicted molar refractivity (Wildman–Crippen MR) is 116 cm³/mol. The lowest BCUT2D eigenvalue weighted by molar-refractivity contribution is -0.140. The minimum Gasteiger partial charge on any atom is -0.354 e. The summed E-state index contributed by atoms with van der Waals surface area (Å²) in [7, 11) is 0. The SMILES string of the molecule is CCCNC(=O)[C@H](C)N(Cc1ccc(F)cc1)C(=O)CCSc1ccc(C)cc1. The molecule has 1 N–H and O–H groups in total. The Kier molecular flexibility index (Phi) is 9.19. The summed E-state index contributed by atoms with van der Waals surface area (Å²) in [5.74, 6) is 0.0434. The highest BCUT2D eigenvalue weighted by Crippen LogP contribution is 2.20. The van der Waals surface area contributed by atoms with Crippen molar-refractivity contribution in [1.82, 2.24) is 10.2 Å². The number of hydrogen-bond acceptors (Lipinski definition) is 3. The molecule has 156 valence electrons. The Morgan fingerprint density at radius 2 is 1.76 bits per heavy atom. The highest BCUT2D eigenvalue weighted by Gasteiger charge is 2.25. The van der Waals surface area contributed by atoms with Crippen molar-refractivity contribution in [3.05, 3.63) is 65.5 Å². The largest absolute Gasteiger partial charge is 0.354 e. The maximum Gasteiger partial charge on any atom is 0.242 e. The zero-order valence-corrected chi connectivity index (χ0v) is 18.1. The van der Waals surface area contributed by atoms with Crippen molar-refractivity contribution in [3.63, 3.8) is 0 Å². The number of nitrogens with one attached hydrogen (secondary N) is 1. The fourth-order valence-corrected chi connectivity index (χ4v) is 3.64. The van der Waals surface area contributed by atoms with Gasteiger partial charge in [-0.3, -0.25) is 9.59 Å². The monoisotopic (exact) mass is 416 g/mol. The van der Waals surface area contributed by atoms with E-state index in [1.807, 2.05) is 38.1 Å². The van der Waals surface area contributed by atoms with Crippen molar-refractivity contribution in [2.45, 2.75) is 51.1 Å². The predicted octanol–water partition coefficient (Wildman–Crippen LogP) is 4.56. The second-order valence-electron chi connectivity index (χ2n) is 7.03. The van der Waals surface area contributed by atoms with Crippen LogP contribution in [0.3, 0.4) is 0 Å². The Morgan fingerprint density at radius 3 is 2.38 bits per heavy atom. The standard InChI is InChI=1S/C23H29FN2O2S/c1-4-14-25-23(28)18(3)26(16-19-7-9-20(24)10-8-19)22(27)13-15-29-21-11-5-17(2)6-12-21/h5-12,18H,4,13-16H2,1-3H3,(H,25,28)/t18-/m0/s1. The molecule has 0 aromatic heterocycles. The number of hydrogen-bond donors (Lipinski definition) is 1. The average molecular weight is 417 g/mol. The molecule has 6 heteroatoms. The first kappa shape index (κ1) is 22.9. The minimum atomic E-state index is -0.594. The maximum atomic E-state index is 13.2.